The van der Waals surface area contributed by atoms with Crippen LogP contribution in [-0.4, -0.2) is 15.0 Å². The van der Waals surface area contributed by atoms with Crippen LogP contribution in [0.3, 0.4) is 0 Å². The number of aromatic nitrogens is 3. The Labute approximate surface area is 370 Å². The summed E-state index contributed by atoms with van der Waals surface area (Å²) in [6.07, 6.45) is 8.39. The molecule has 0 amide bonds. The van der Waals surface area contributed by atoms with Gasteiger partial charge < -0.3 is 4.42 Å². The van der Waals surface area contributed by atoms with E-state index in [-0.39, 0.29) is 5.41 Å². The minimum Gasteiger partial charge on any atom is -0.456 e. The van der Waals surface area contributed by atoms with Gasteiger partial charge in [-0.05, 0) is 111 Å². The molecule has 0 radical (unpaired) electrons. The number of allylic oxidation sites excluding steroid dienone is 5. The maximum atomic E-state index is 6.12. The molecule has 0 unspecified atom stereocenters. The van der Waals surface area contributed by atoms with E-state index < -0.39 is 0 Å². The van der Waals surface area contributed by atoms with E-state index >= 15 is 0 Å². The molecule has 9 aromatic rings. The molecule has 7 aromatic carbocycles. The molecule has 1 aliphatic rings. The lowest BCUT2D eigenvalue weighted by molar-refractivity contribution is 0.660. The van der Waals surface area contributed by atoms with Crippen LogP contribution in [0, 0.1) is 6.92 Å². The minimum atomic E-state index is -0.152. The fourth-order valence-electron chi connectivity index (χ4n) is 9.47. The van der Waals surface area contributed by atoms with E-state index in [9.17, 15) is 0 Å². The Hall–Kier alpha value is -7.43. The van der Waals surface area contributed by atoms with E-state index in [1.807, 2.05) is 18.2 Å². The number of hydrogen-bond donors (Lipinski definition) is 0. The average Bonchev–Trinajstić information content (AvgIpc) is 3.81. The van der Waals surface area contributed by atoms with Crippen LogP contribution in [0.5, 0.6) is 0 Å². The van der Waals surface area contributed by atoms with E-state index in [1.54, 1.807) is 0 Å². The molecule has 0 atom stereocenters. The molecule has 63 heavy (non-hydrogen) atoms. The Morgan fingerprint density at radius 3 is 1.86 bits per heavy atom. The molecule has 2 aromatic heterocycles. The summed E-state index contributed by atoms with van der Waals surface area (Å²) in [5, 5.41) is 2.23. The van der Waals surface area contributed by atoms with Crippen LogP contribution >= 0.6 is 0 Å². The summed E-state index contributed by atoms with van der Waals surface area (Å²) in [6, 6.07) is 53.8. The van der Waals surface area contributed by atoms with Crippen molar-refractivity contribution in [3.05, 3.63) is 204 Å². The lowest BCUT2D eigenvalue weighted by Gasteiger charge is -2.21. The van der Waals surface area contributed by atoms with Crippen molar-refractivity contribution in [3.8, 4) is 67.5 Å². The number of fused-ring (bicyclic) bond motifs is 6. The molecule has 0 saturated carbocycles. The fraction of sp³-hybridized carbons (Fsp3) is 0.136. The molecule has 2 heterocycles. The van der Waals surface area contributed by atoms with Gasteiger partial charge in [0.15, 0.2) is 17.5 Å². The largest absolute Gasteiger partial charge is 0.456 e. The van der Waals surface area contributed by atoms with Gasteiger partial charge in [0.25, 0.3) is 0 Å². The first kappa shape index (κ1) is 39.7. The first-order chi connectivity index (χ1) is 30.7. The molecule has 0 aliphatic heterocycles. The van der Waals surface area contributed by atoms with Gasteiger partial charge >= 0.3 is 0 Å². The second-order valence-electron chi connectivity index (χ2n) is 17.1. The van der Waals surface area contributed by atoms with E-state index in [1.165, 1.54) is 44.5 Å². The Morgan fingerprint density at radius 2 is 1.16 bits per heavy atom. The van der Waals surface area contributed by atoms with Crippen molar-refractivity contribution in [1.82, 2.24) is 15.0 Å². The molecule has 0 spiro atoms. The summed E-state index contributed by atoms with van der Waals surface area (Å²) in [7, 11) is 0. The molecule has 0 saturated heterocycles. The van der Waals surface area contributed by atoms with Gasteiger partial charge in [-0.1, -0.05) is 179 Å². The first-order valence-corrected chi connectivity index (χ1v) is 22.0. The van der Waals surface area contributed by atoms with Crippen molar-refractivity contribution < 1.29 is 4.42 Å². The standard InChI is InChI=1S/C59H49N3O/c1-7-15-38(9-3)45(16-8-2)49-35-43(24-23-37(49)4)39-25-29-41(30-26-39)56-60-57(62-58(61-56)48-19-14-21-52-55(48)47-18-10-12-20-51(47)59(52,5)6)42-31-27-40(28-32-42)44-33-34-54-50(36-44)46-17-11-13-22-53(46)63-54/h8-14,16-36H,3,7,15H2,1-2,4-6H3/b16-8-,45-38-. The molecular weight excluding hydrogens is 767 g/mol. The minimum absolute atomic E-state index is 0.152. The van der Waals surface area contributed by atoms with Crippen molar-refractivity contribution >= 4 is 27.5 Å². The third kappa shape index (κ3) is 7.02. The van der Waals surface area contributed by atoms with Crippen LogP contribution in [0.2, 0.25) is 0 Å². The zero-order chi connectivity index (χ0) is 43.2. The second kappa shape index (κ2) is 16.1. The highest BCUT2D eigenvalue weighted by molar-refractivity contribution is 6.06. The second-order valence-corrected chi connectivity index (χ2v) is 17.1. The predicted molar refractivity (Wildman–Crippen MR) is 263 cm³/mol. The molecule has 10 rings (SSSR count). The zero-order valence-electron chi connectivity index (χ0n) is 36.5. The van der Waals surface area contributed by atoms with Crippen molar-refractivity contribution in [2.24, 2.45) is 0 Å². The van der Waals surface area contributed by atoms with E-state index in [4.69, 9.17) is 19.4 Å². The van der Waals surface area contributed by atoms with Crippen molar-refractivity contribution in [2.45, 2.75) is 52.9 Å². The van der Waals surface area contributed by atoms with Gasteiger partial charge in [-0.15, -0.1) is 0 Å². The summed E-state index contributed by atoms with van der Waals surface area (Å²) in [6.45, 7) is 15.3. The summed E-state index contributed by atoms with van der Waals surface area (Å²) < 4.78 is 6.12. The molecule has 0 fully saturated rings. The fourth-order valence-corrected chi connectivity index (χ4v) is 9.47. The molecule has 1 aliphatic carbocycles. The van der Waals surface area contributed by atoms with Crippen LogP contribution in [0.4, 0.5) is 0 Å². The monoisotopic (exact) mass is 815 g/mol. The highest BCUT2D eigenvalue weighted by Gasteiger charge is 2.37. The zero-order valence-corrected chi connectivity index (χ0v) is 36.5. The smallest absolute Gasteiger partial charge is 0.164 e. The molecular formula is C59H49N3O. The van der Waals surface area contributed by atoms with Crippen molar-refractivity contribution in [2.75, 3.05) is 0 Å². The van der Waals surface area contributed by atoms with Crippen molar-refractivity contribution in [3.63, 3.8) is 0 Å². The number of para-hydroxylation sites is 1. The highest BCUT2D eigenvalue weighted by Crippen LogP contribution is 2.51. The SMILES string of the molecule is C=C/C(CCC)=C(\C=C/C)c1cc(-c2ccc(-c3nc(-c4ccc(-c5ccc6oc7ccccc7c6c5)cc4)nc(-c4cccc5c4-c4ccccc4C5(C)C)n3)cc2)ccc1C. The maximum Gasteiger partial charge on any atom is 0.164 e. The molecule has 4 heteroatoms. The van der Waals surface area contributed by atoms with Crippen LogP contribution in [0.15, 0.2) is 186 Å². The normalized spacial score (nSPS) is 13.3. The van der Waals surface area contributed by atoms with E-state index in [0.717, 1.165) is 73.7 Å². The van der Waals surface area contributed by atoms with Gasteiger partial charge in [-0.3, -0.25) is 0 Å². The third-order valence-corrected chi connectivity index (χ3v) is 12.8. The number of rotatable bonds is 10. The van der Waals surface area contributed by atoms with Gasteiger partial charge in [-0.2, -0.15) is 0 Å². The molecule has 306 valence electrons. The van der Waals surface area contributed by atoms with Gasteiger partial charge in [0.2, 0.25) is 0 Å². The van der Waals surface area contributed by atoms with Crippen LogP contribution < -0.4 is 0 Å². The van der Waals surface area contributed by atoms with Gasteiger partial charge in [0, 0.05) is 32.9 Å². The Balaban J connectivity index is 1.07. The van der Waals surface area contributed by atoms with Crippen LogP contribution in [0.1, 0.15) is 62.8 Å². The summed E-state index contributed by atoms with van der Waals surface area (Å²) in [4.78, 5) is 15.7. The Morgan fingerprint density at radius 1 is 0.587 bits per heavy atom. The molecule has 4 nitrogen and oxygen atoms in total. The summed E-state index contributed by atoms with van der Waals surface area (Å²) >= 11 is 0. The maximum absolute atomic E-state index is 6.12. The number of furan rings is 1. The number of nitrogens with zero attached hydrogens (tertiary/aromatic N) is 3. The number of aryl methyl sites for hydroxylation is 1. The topological polar surface area (TPSA) is 51.8 Å². The van der Waals surface area contributed by atoms with Gasteiger partial charge in [0.1, 0.15) is 11.2 Å². The Bertz CT molecular complexity index is 3290. The third-order valence-electron chi connectivity index (χ3n) is 12.8. The van der Waals surface area contributed by atoms with Gasteiger partial charge in [-0.25, -0.2) is 15.0 Å². The highest BCUT2D eigenvalue weighted by atomic mass is 16.3. The van der Waals surface area contributed by atoms with Gasteiger partial charge in [0.05, 0.1) is 0 Å². The summed E-state index contributed by atoms with van der Waals surface area (Å²) in [5.74, 6) is 1.91. The number of hydrogen-bond acceptors (Lipinski definition) is 4. The quantitative estimate of drug-likeness (QED) is 0.129. The first-order valence-electron chi connectivity index (χ1n) is 22.0. The average molecular weight is 816 g/mol. The number of benzene rings is 7. The molecule has 0 N–H and O–H groups in total. The summed E-state index contributed by atoms with van der Waals surface area (Å²) in [5.41, 5.74) is 19.0. The predicted octanol–water partition coefficient (Wildman–Crippen LogP) is 16.0. The Kier molecular flexibility index (Phi) is 10.2. The van der Waals surface area contributed by atoms with Crippen LogP contribution in [0.25, 0.3) is 95.1 Å². The van der Waals surface area contributed by atoms with E-state index in [0.29, 0.717) is 17.5 Å². The lowest BCUT2D eigenvalue weighted by Crippen LogP contribution is -2.14. The lowest BCUT2D eigenvalue weighted by atomic mass is 9.82. The van der Waals surface area contributed by atoms with E-state index in [2.05, 4.69) is 193 Å². The van der Waals surface area contributed by atoms with Crippen LogP contribution in [-0.2, 0) is 5.41 Å². The molecule has 0 bridgehead atoms. The van der Waals surface area contributed by atoms with Crippen molar-refractivity contribution in [1.29, 1.82) is 0 Å².